The number of aliphatic imine (C=N–C) groups is 1. The Balaban J connectivity index is 1.67. The van der Waals surface area contributed by atoms with Crippen molar-refractivity contribution in [3.8, 4) is 0 Å². The van der Waals surface area contributed by atoms with E-state index in [1.54, 1.807) is 17.0 Å². The Morgan fingerprint density at radius 3 is 2.62 bits per heavy atom. The largest absolute Gasteiger partial charge is 0.444 e. The van der Waals surface area contributed by atoms with Gasteiger partial charge in [0.15, 0.2) is 5.17 Å². The van der Waals surface area contributed by atoms with E-state index in [1.807, 2.05) is 63.2 Å². The summed E-state index contributed by atoms with van der Waals surface area (Å²) in [7, 11) is 0. The number of fused-ring (bicyclic) bond motifs is 1. The van der Waals surface area contributed by atoms with Crippen molar-refractivity contribution in [2.45, 2.75) is 31.9 Å². The van der Waals surface area contributed by atoms with Crippen molar-refractivity contribution < 1.29 is 14.3 Å². The van der Waals surface area contributed by atoms with E-state index in [1.165, 1.54) is 11.8 Å². The summed E-state index contributed by atoms with van der Waals surface area (Å²) in [6.07, 6.45) is -0.356. The first-order chi connectivity index (χ1) is 15.2. The standard InChI is InChI=1S/C24H28N4O3S/c1-23(2,3)31-22(30)28-13-18-14-32-21(26-20(29)16-8-5-4-6-9-16)27-24(18,15-28)17-10-7-11-19(25)12-17/h4-12,18H,13-15,25H2,1-3H3,(H,26,27,29)/t18-,24+/m0/s1. The van der Waals surface area contributed by atoms with E-state index >= 15 is 0 Å². The van der Waals surface area contributed by atoms with Gasteiger partial charge in [0.05, 0.1) is 6.54 Å². The number of carbonyl (C=O) groups is 2. The van der Waals surface area contributed by atoms with Gasteiger partial charge in [-0.3, -0.25) is 4.79 Å². The average molecular weight is 453 g/mol. The van der Waals surface area contributed by atoms with Gasteiger partial charge in [-0.2, -0.15) is 0 Å². The Labute approximate surface area is 192 Å². The molecule has 0 aromatic heterocycles. The van der Waals surface area contributed by atoms with Crippen LogP contribution < -0.4 is 11.1 Å². The summed E-state index contributed by atoms with van der Waals surface area (Å²) in [6, 6.07) is 16.7. The molecule has 2 heterocycles. The van der Waals surface area contributed by atoms with Crippen LogP contribution in [0.2, 0.25) is 0 Å². The number of likely N-dealkylation sites (tertiary alicyclic amines) is 1. The number of nitrogens with one attached hydrogen (secondary N) is 1. The predicted octanol–water partition coefficient (Wildman–Crippen LogP) is 3.86. The second kappa shape index (κ2) is 8.50. The monoisotopic (exact) mass is 452 g/mol. The maximum Gasteiger partial charge on any atom is 0.410 e. The number of hydrogen-bond acceptors (Lipinski definition) is 6. The van der Waals surface area contributed by atoms with Crippen molar-refractivity contribution >= 4 is 34.6 Å². The molecular formula is C24H28N4O3S. The van der Waals surface area contributed by atoms with Crippen LogP contribution >= 0.6 is 11.8 Å². The Kier molecular flexibility index (Phi) is 5.90. The van der Waals surface area contributed by atoms with Crippen molar-refractivity contribution in [3.05, 3.63) is 65.7 Å². The van der Waals surface area contributed by atoms with Gasteiger partial charge in [0.25, 0.3) is 5.91 Å². The minimum Gasteiger partial charge on any atom is -0.444 e. The van der Waals surface area contributed by atoms with E-state index in [9.17, 15) is 9.59 Å². The summed E-state index contributed by atoms with van der Waals surface area (Å²) in [4.78, 5) is 32.3. The smallest absolute Gasteiger partial charge is 0.410 e. The van der Waals surface area contributed by atoms with Gasteiger partial charge in [0, 0.05) is 29.5 Å². The van der Waals surface area contributed by atoms with E-state index in [4.69, 9.17) is 15.5 Å². The number of anilines is 1. The van der Waals surface area contributed by atoms with Crippen LogP contribution in [-0.4, -0.2) is 46.5 Å². The molecule has 0 bridgehead atoms. The second-order valence-electron chi connectivity index (χ2n) is 9.16. The number of carbonyl (C=O) groups excluding carboxylic acids is 2. The molecular weight excluding hydrogens is 424 g/mol. The normalized spacial score (nSPS) is 22.7. The minimum atomic E-state index is -0.698. The summed E-state index contributed by atoms with van der Waals surface area (Å²) in [5.74, 6) is 0.571. The molecule has 2 aromatic carbocycles. The zero-order valence-corrected chi connectivity index (χ0v) is 19.3. The van der Waals surface area contributed by atoms with Gasteiger partial charge in [-0.25, -0.2) is 9.79 Å². The lowest BCUT2D eigenvalue weighted by atomic mass is 9.81. The molecule has 0 saturated carbocycles. The van der Waals surface area contributed by atoms with Crippen molar-refractivity contribution in [3.63, 3.8) is 0 Å². The number of thioether (sulfide) groups is 1. The molecule has 2 aromatic rings. The first-order valence-electron chi connectivity index (χ1n) is 10.6. The third-order valence-electron chi connectivity index (χ3n) is 5.57. The Morgan fingerprint density at radius 2 is 1.94 bits per heavy atom. The Hall–Kier alpha value is -3.00. The summed E-state index contributed by atoms with van der Waals surface area (Å²) < 4.78 is 5.62. The zero-order valence-electron chi connectivity index (χ0n) is 18.5. The predicted molar refractivity (Wildman–Crippen MR) is 128 cm³/mol. The van der Waals surface area contributed by atoms with Gasteiger partial charge in [-0.05, 0) is 50.6 Å². The molecule has 1 saturated heterocycles. The van der Waals surface area contributed by atoms with Crippen molar-refractivity contribution in [1.29, 1.82) is 0 Å². The Morgan fingerprint density at radius 1 is 1.19 bits per heavy atom. The van der Waals surface area contributed by atoms with Gasteiger partial charge < -0.3 is 20.7 Å². The topological polar surface area (TPSA) is 97.0 Å². The van der Waals surface area contributed by atoms with Crippen molar-refractivity contribution in [2.24, 2.45) is 10.9 Å². The second-order valence-corrected chi connectivity index (χ2v) is 10.2. The fourth-order valence-corrected chi connectivity index (χ4v) is 5.23. The molecule has 2 aliphatic rings. The number of benzene rings is 2. The number of nitrogen functional groups attached to an aromatic ring is 1. The molecule has 0 spiro atoms. The summed E-state index contributed by atoms with van der Waals surface area (Å²) in [5, 5.41) is 3.49. The average Bonchev–Trinajstić information content (AvgIpc) is 3.14. The van der Waals surface area contributed by atoms with Crippen LogP contribution in [0, 0.1) is 5.92 Å². The van der Waals surface area contributed by atoms with Gasteiger partial charge in [-0.15, -0.1) is 0 Å². The first-order valence-corrected chi connectivity index (χ1v) is 11.6. The number of hydrogen-bond donors (Lipinski definition) is 2. The maximum atomic E-state index is 12.8. The van der Waals surface area contributed by atoms with Gasteiger partial charge in [0.2, 0.25) is 0 Å². The number of nitrogens with two attached hydrogens (primary N) is 1. The summed E-state index contributed by atoms with van der Waals surface area (Å²) in [5.41, 5.74) is 6.94. The Bertz CT molecular complexity index is 1050. The minimum absolute atomic E-state index is 0.0687. The number of amidine groups is 1. The first kappa shape index (κ1) is 22.2. The molecule has 0 unspecified atom stereocenters. The lowest BCUT2D eigenvalue weighted by Gasteiger charge is -2.35. The lowest BCUT2D eigenvalue weighted by Crippen LogP contribution is -2.43. The van der Waals surface area contributed by atoms with Crippen LogP contribution in [-0.2, 0) is 10.3 Å². The summed E-state index contributed by atoms with van der Waals surface area (Å²) >= 11 is 1.49. The fraction of sp³-hybridized carbons (Fsp3) is 0.375. The van der Waals surface area contributed by atoms with Gasteiger partial charge >= 0.3 is 6.09 Å². The maximum absolute atomic E-state index is 12.8. The molecule has 0 radical (unpaired) electrons. The van der Waals surface area contributed by atoms with E-state index in [0.717, 1.165) is 5.56 Å². The highest BCUT2D eigenvalue weighted by atomic mass is 32.2. The van der Waals surface area contributed by atoms with E-state index in [0.29, 0.717) is 35.3 Å². The molecule has 1 fully saturated rings. The van der Waals surface area contributed by atoms with E-state index in [2.05, 4.69) is 5.32 Å². The van der Waals surface area contributed by atoms with Crippen LogP contribution in [0.3, 0.4) is 0 Å². The van der Waals surface area contributed by atoms with Crippen molar-refractivity contribution in [1.82, 2.24) is 10.2 Å². The number of nitrogens with zero attached hydrogens (tertiary/aromatic N) is 2. The van der Waals surface area contributed by atoms with Gasteiger partial charge in [-0.1, -0.05) is 42.1 Å². The van der Waals surface area contributed by atoms with Crippen LogP contribution in [0.5, 0.6) is 0 Å². The molecule has 2 aliphatic heterocycles. The highest BCUT2D eigenvalue weighted by Crippen LogP contribution is 2.46. The molecule has 0 aliphatic carbocycles. The number of rotatable bonds is 2. The molecule has 3 N–H and O–H groups in total. The molecule has 2 amide bonds. The SMILES string of the molecule is CC(C)(C)OC(=O)N1C[C@H]2CSC(NC(=O)c3ccccc3)=N[C@@]2(c2cccc(N)c2)C1. The summed E-state index contributed by atoms with van der Waals surface area (Å²) in [6.45, 7) is 6.45. The molecule has 8 heteroatoms. The van der Waals surface area contributed by atoms with Crippen LogP contribution in [0.25, 0.3) is 0 Å². The van der Waals surface area contributed by atoms with E-state index < -0.39 is 11.1 Å². The zero-order chi connectivity index (χ0) is 22.9. The molecule has 7 nitrogen and oxygen atoms in total. The molecule has 168 valence electrons. The van der Waals surface area contributed by atoms with E-state index in [-0.39, 0.29) is 17.9 Å². The van der Waals surface area contributed by atoms with Crippen LogP contribution in [0.1, 0.15) is 36.7 Å². The highest BCUT2D eigenvalue weighted by molar-refractivity contribution is 8.13. The molecule has 32 heavy (non-hydrogen) atoms. The molecule has 2 atom stereocenters. The number of amides is 2. The van der Waals surface area contributed by atoms with Crippen LogP contribution in [0.4, 0.5) is 10.5 Å². The third-order valence-corrected chi connectivity index (χ3v) is 6.60. The quantitative estimate of drug-likeness (QED) is 0.675. The fourth-order valence-electron chi connectivity index (χ4n) is 4.10. The highest BCUT2D eigenvalue weighted by Gasteiger charge is 2.52. The van der Waals surface area contributed by atoms with Crippen molar-refractivity contribution in [2.75, 3.05) is 24.6 Å². The lowest BCUT2D eigenvalue weighted by molar-refractivity contribution is 0.0282. The number of ether oxygens (including phenoxy) is 1. The molecule has 4 rings (SSSR count). The van der Waals surface area contributed by atoms with Gasteiger partial charge in [0.1, 0.15) is 11.1 Å². The van der Waals surface area contributed by atoms with Crippen LogP contribution in [0.15, 0.2) is 59.6 Å². The third kappa shape index (κ3) is 4.60.